The summed E-state index contributed by atoms with van der Waals surface area (Å²) in [5.41, 5.74) is 1.03. The summed E-state index contributed by atoms with van der Waals surface area (Å²) in [6.45, 7) is 1.76. The average Bonchev–Trinajstić information content (AvgIpc) is 2.19. The van der Waals surface area contributed by atoms with Crippen LogP contribution in [0, 0.1) is 0 Å². The summed E-state index contributed by atoms with van der Waals surface area (Å²) in [6, 6.07) is 3.61. The first-order valence-electron chi connectivity index (χ1n) is 4.78. The van der Waals surface area contributed by atoms with Crippen LogP contribution in [0.15, 0.2) is 16.6 Å². The third-order valence-corrected chi connectivity index (χ3v) is 2.76. The molecule has 0 aliphatic heterocycles. The quantitative estimate of drug-likeness (QED) is 0.887. The van der Waals surface area contributed by atoms with E-state index in [2.05, 4.69) is 15.9 Å². The number of phenols is 1. The molecule has 0 saturated carbocycles. The number of hydrogen-bond donors (Lipinski definition) is 2. The van der Waals surface area contributed by atoms with Crippen LogP contribution in [0.5, 0.6) is 11.5 Å². The molecule has 0 aromatic heterocycles. The number of hydrogen-bond acceptors (Lipinski definition) is 3. The second kappa shape index (κ2) is 5.37. The monoisotopic (exact) mass is 274 g/mol. The zero-order chi connectivity index (χ0) is 11.4. The molecule has 0 amide bonds. The minimum Gasteiger partial charge on any atom is -0.503 e. The van der Waals surface area contributed by atoms with Gasteiger partial charge in [0.25, 0.3) is 0 Å². The maximum absolute atomic E-state index is 9.58. The summed E-state index contributed by atoms with van der Waals surface area (Å²) in [7, 11) is 1.51. The first-order valence-corrected chi connectivity index (χ1v) is 5.57. The maximum Gasteiger partial charge on any atom is 0.172 e. The van der Waals surface area contributed by atoms with Gasteiger partial charge in [0.2, 0.25) is 0 Å². The highest BCUT2D eigenvalue weighted by molar-refractivity contribution is 9.10. The molecule has 0 radical (unpaired) electrons. The number of aliphatic hydroxyl groups is 1. The molecule has 0 spiro atoms. The summed E-state index contributed by atoms with van der Waals surface area (Å²) in [5, 5.41) is 18.7. The molecule has 1 atom stereocenters. The van der Waals surface area contributed by atoms with Gasteiger partial charge in [-0.25, -0.2) is 0 Å². The van der Waals surface area contributed by atoms with E-state index < -0.39 is 0 Å². The van der Waals surface area contributed by atoms with Crippen LogP contribution >= 0.6 is 15.9 Å². The summed E-state index contributed by atoms with van der Waals surface area (Å²) in [6.07, 6.45) is 1.14. The van der Waals surface area contributed by atoms with Crippen molar-refractivity contribution in [2.75, 3.05) is 7.11 Å². The van der Waals surface area contributed by atoms with Crippen molar-refractivity contribution in [1.29, 1.82) is 0 Å². The zero-order valence-electron chi connectivity index (χ0n) is 8.83. The zero-order valence-corrected chi connectivity index (χ0v) is 10.4. The van der Waals surface area contributed by atoms with Crippen LogP contribution in [0.4, 0.5) is 0 Å². The molecule has 3 nitrogen and oxygen atoms in total. The number of phenolic OH excluding ortho intramolecular Hbond substituents is 1. The fourth-order valence-electron chi connectivity index (χ4n) is 1.30. The van der Waals surface area contributed by atoms with E-state index in [-0.39, 0.29) is 11.9 Å². The summed E-state index contributed by atoms with van der Waals surface area (Å²) >= 11 is 3.25. The molecule has 0 fully saturated rings. The Balaban J connectivity index is 2.86. The number of rotatable bonds is 4. The van der Waals surface area contributed by atoms with E-state index in [4.69, 9.17) is 4.74 Å². The van der Waals surface area contributed by atoms with Crippen molar-refractivity contribution < 1.29 is 14.9 Å². The number of aryl methyl sites for hydroxylation is 1. The molecule has 0 aliphatic rings. The predicted molar refractivity (Wildman–Crippen MR) is 62.4 cm³/mol. The summed E-state index contributed by atoms with van der Waals surface area (Å²) in [5.74, 6) is 0.559. The molecule has 0 unspecified atom stereocenters. The fraction of sp³-hybridized carbons (Fsp3) is 0.455. The minimum absolute atomic E-state index is 0.110. The van der Waals surface area contributed by atoms with E-state index >= 15 is 0 Å². The fourth-order valence-corrected chi connectivity index (χ4v) is 1.79. The Bertz CT molecular complexity index is 337. The van der Waals surface area contributed by atoms with Gasteiger partial charge in [0.1, 0.15) is 0 Å². The third kappa shape index (κ3) is 3.39. The minimum atomic E-state index is -0.316. The molecule has 1 aromatic rings. The first kappa shape index (κ1) is 12.3. The molecular formula is C11H15BrO3. The van der Waals surface area contributed by atoms with Crippen LogP contribution in [0.25, 0.3) is 0 Å². The van der Waals surface area contributed by atoms with Gasteiger partial charge in [-0.1, -0.05) is 0 Å². The molecule has 2 N–H and O–H groups in total. The Labute approximate surface area is 97.8 Å². The molecule has 0 heterocycles. The molecule has 1 rings (SSSR count). The van der Waals surface area contributed by atoms with Crippen LogP contribution in [0.3, 0.4) is 0 Å². The Morgan fingerprint density at radius 1 is 1.47 bits per heavy atom. The molecule has 0 bridgehead atoms. The summed E-state index contributed by atoms with van der Waals surface area (Å²) in [4.78, 5) is 0. The highest BCUT2D eigenvalue weighted by Crippen LogP contribution is 2.35. The Hall–Kier alpha value is -0.740. The van der Waals surface area contributed by atoms with Crippen LogP contribution < -0.4 is 4.74 Å². The largest absolute Gasteiger partial charge is 0.503 e. The smallest absolute Gasteiger partial charge is 0.172 e. The Morgan fingerprint density at radius 2 is 2.13 bits per heavy atom. The third-order valence-electron chi connectivity index (χ3n) is 2.16. The molecule has 1 aromatic carbocycles. The van der Waals surface area contributed by atoms with Crippen molar-refractivity contribution in [3.63, 3.8) is 0 Å². The topological polar surface area (TPSA) is 49.7 Å². The molecule has 0 saturated heterocycles. The van der Waals surface area contributed by atoms with E-state index in [1.807, 2.05) is 6.07 Å². The van der Waals surface area contributed by atoms with Crippen molar-refractivity contribution >= 4 is 15.9 Å². The number of methoxy groups -OCH3 is 1. The van der Waals surface area contributed by atoms with Gasteiger partial charge in [-0.3, -0.25) is 0 Å². The number of halogens is 1. The lowest BCUT2D eigenvalue weighted by Gasteiger charge is -2.09. The van der Waals surface area contributed by atoms with Gasteiger partial charge in [-0.05, 0) is 53.4 Å². The Morgan fingerprint density at radius 3 is 2.67 bits per heavy atom. The SMILES string of the molecule is COc1cc(CC[C@@H](C)O)cc(Br)c1O. The van der Waals surface area contributed by atoms with Crippen molar-refractivity contribution in [2.24, 2.45) is 0 Å². The Kier molecular flexibility index (Phi) is 4.42. The number of benzene rings is 1. The molecule has 0 aliphatic carbocycles. The number of aliphatic hydroxyl groups excluding tert-OH is 1. The van der Waals surface area contributed by atoms with Crippen molar-refractivity contribution in [3.8, 4) is 11.5 Å². The van der Waals surface area contributed by atoms with Crippen LogP contribution in [-0.4, -0.2) is 23.4 Å². The van der Waals surface area contributed by atoms with E-state index in [9.17, 15) is 10.2 Å². The lowest BCUT2D eigenvalue weighted by atomic mass is 10.1. The van der Waals surface area contributed by atoms with Crippen molar-refractivity contribution in [1.82, 2.24) is 0 Å². The van der Waals surface area contributed by atoms with Crippen LogP contribution in [0.2, 0.25) is 0 Å². The second-order valence-corrected chi connectivity index (χ2v) is 4.37. The first-order chi connectivity index (χ1) is 7.04. The predicted octanol–water partition coefficient (Wildman–Crippen LogP) is 2.48. The van der Waals surface area contributed by atoms with E-state index in [0.29, 0.717) is 16.6 Å². The molecule has 15 heavy (non-hydrogen) atoms. The van der Waals surface area contributed by atoms with Crippen LogP contribution in [-0.2, 0) is 6.42 Å². The molecule has 4 heteroatoms. The lowest BCUT2D eigenvalue weighted by molar-refractivity contribution is 0.185. The van der Waals surface area contributed by atoms with Gasteiger partial charge in [0, 0.05) is 0 Å². The van der Waals surface area contributed by atoms with Gasteiger partial charge in [0.05, 0.1) is 17.7 Å². The summed E-state index contributed by atoms with van der Waals surface area (Å²) < 4.78 is 5.64. The van der Waals surface area contributed by atoms with E-state index in [1.54, 1.807) is 13.0 Å². The average molecular weight is 275 g/mol. The number of aromatic hydroxyl groups is 1. The molecule has 84 valence electrons. The van der Waals surface area contributed by atoms with E-state index in [0.717, 1.165) is 12.0 Å². The van der Waals surface area contributed by atoms with Gasteiger partial charge < -0.3 is 14.9 Å². The van der Waals surface area contributed by atoms with Crippen molar-refractivity contribution in [2.45, 2.75) is 25.9 Å². The van der Waals surface area contributed by atoms with Gasteiger partial charge in [-0.2, -0.15) is 0 Å². The van der Waals surface area contributed by atoms with Crippen LogP contribution in [0.1, 0.15) is 18.9 Å². The highest BCUT2D eigenvalue weighted by atomic mass is 79.9. The van der Waals surface area contributed by atoms with Crippen molar-refractivity contribution in [3.05, 3.63) is 22.2 Å². The van der Waals surface area contributed by atoms with Gasteiger partial charge in [0.15, 0.2) is 11.5 Å². The number of ether oxygens (including phenoxy) is 1. The van der Waals surface area contributed by atoms with Gasteiger partial charge >= 0.3 is 0 Å². The molecular weight excluding hydrogens is 260 g/mol. The second-order valence-electron chi connectivity index (χ2n) is 3.52. The van der Waals surface area contributed by atoms with Gasteiger partial charge in [-0.15, -0.1) is 0 Å². The standard InChI is InChI=1S/C11H15BrO3/c1-7(13)3-4-8-5-9(12)11(14)10(6-8)15-2/h5-7,13-14H,3-4H2,1-2H3/t7-/m1/s1. The van der Waals surface area contributed by atoms with E-state index in [1.165, 1.54) is 7.11 Å². The lowest BCUT2D eigenvalue weighted by Crippen LogP contribution is -2.01. The normalized spacial score (nSPS) is 12.5. The highest BCUT2D eigenvalue weighted by Gasteiger charge is 2.08. The maximum atomic E-state index is 9.58.